The van der Waals surface area contributed by atoms with Crippen LogP contribution in [0.3, 0.4) is 0 Å². The van der Waals surface area contributed by atoms with Crippen LogP contribution in [-0.4, -0.2) is 113 Å². The van der Waals surface area contributed by atoms with Crippen LogP contribution in [0.5, 0.6) is 0 Å². The third-order valence-electron chi connectivity index (χ3n) is 17.8. The van der Waals surface area contributed by atoms with Crippen LogP contribution in [0.4, 0.5) is 5.69 Å². The van der Waals surface area contributed by atoms with Crippen LogP contribution in [0, 0.1) is 31.1 Å². The van der Waals surface area contributed by atoms with Gasteiger partial charge in [-0.2, -0.15) is 0 Å². The summed E-state index contributed by atoms with van der Waals surface area (Å²) in [6.07, 6.45) is 1.90. The van der Waals surface area contributed by atoms with Gasteiger partial charge < -0.3 is 45.9 Å². The predicted molar refractivity (Wildman–Crippen MR) is 338 cm³/mol. The van der Waals surface area contributed by atoms with Crippen molar-refractivity contribution in [2.75, 3.05) is 11.4 Å². The number of aliphatic hydroxyl groups is 1. The van der Waals surface area contributed by atoms with E-state index in [0.717, 1.165) is 55.9 Å². The molecule has 89 heavy (non-hydrogen) atoms. The third kappa shape index (κ3) is 15.6. The Hall–Kier alpha value is -7.52. The number of β-amino-alcohol motifs (C(OH)–C–C–N with tert-alkyl or cyclic N) is 1. The smallest absolute Gasteiger partial charge is 0.391 e. The van der Waals surface area contributed by atoms with Gasteiger partial charge in [-0.05, 0) is 135 Å². The number of carbonyl (C=O) groups is 8. The Morgan fingerprint density at radius 1 is 0.899 bits per heavy atom. The number of benzene rings is 4. The van der Waals surface area contributed by atoms with Crippen molar-refractivity contribution in [2.45, 2.75) is 168 Å². The molecule has 22 heteroatoms. The molecule has 5 heterocycles. The molecular weight excluding hydrogens is 1170 g/mol. The van der Waals surface area contributed by atoms with Gasteiger partial charge in [0.1, 0.15) is 17.9 Å². The van der Waals surface area contributed by atoms with E-state index in [-0.39, 0.29) is 98.9 Å². The van der Waals surface area contributed by atoms with Crippen molar-refractivity contribution in [1.29, 1.82) is 0 Å². The van der Waals surface area contributed by atoms with Gasteiger partial charge in [0, 0.05) is 73.4 Å². The number of rotatable bonds is 26. The van der Waals surface area contributed by atoms with E-state index in [1.807, 2.05) is 108 Å². The number of Topliss-reactive ketones (excluding diaryl/α,β-unsaturated/α-hetero) is 2. The van der Waals surface area contributed by atoms with E-state index in [9.17, 15) is 57.8 Å². The maximum atomic E-state index is 14.7. The maximum Gasteiger partial charge on any atom is 0.396 e. The number of likely N-dealkylation sites (tertiary alicyclic amines) is 1. The number of unbranched alkanes of at least 4 members (excludes halogenated alkanes) is 1. The van der Waals surface area contributed by atoms with Crippen LogP contribution in [0.25, 0.3) is 21.3 Å². The lowest BCUT2D eigenvalue weighted by Gasteiger charge is -2.35. The Morgan fingerprint density at radius 2 is 1.63 bits per heavy atom. The van der Waals surface area contributed by atoms with Crippen LogP contribution in [0.1, 0.15) is 158 Å². The van der Waals surface area contributed by atoms with E-state index in [1.54, 1.807) is 18.3 Å². The number of anilines is 1. The zero-order valence-corrected chi connectivity index (χ0v) is 53.1. The monoisotopic (exact) mass is 1250 g/mol. The number of nitrogens with one attached hydrogen (secondary N) is 3. The molecule has 3 aliphatic rings. The summed E-state index contributed by atoms with van der Waals surface area (Å²) in [4.78, 5) is 140. The Labute approximate surface area is 521 Å². The highest BCUT2D eigenvalue weighted by molar-refractivity contribution is 7.70. The van der Waals surface area contributed by atoms with Crippen LogP contribution >= 0.6 is 18.9 Å². The van der Waals surface area contributed by atoms with Crippen LogP contribution in [-0.2, 0) is 63.9 Å². The van der Waals surface area contributed by atoms with E-state index in [2.05, 4.69) is 20.6 Å². The number of aromatic amines is 1. The summed E-state index contributed by atoms with van der Waals surface area (Å²) >= 11 is 1.57. The number of hydrogen-bond donors (Lipinski definition) is 7. The molecule has 8 N–H and O–H groups in total. The van der Waals surface area contributed by atoms with Crippen LogP contribution in [0.2, 0.25) is 0 Å². The molecule has 0 spiro atoms. The number of thiazole rings is 1. The lowest BCUT2D eigenvalue weighted by molar-refractivity contribution is -0.146. The standard InChI is InChI=1S/C67H80N7O13PS/c1-37-27-41(15-16-42(37)11-8-9-14-50(75)32-52(67(5,6)7)65(82)73-34-51(76)33-56(73)62(79)70-38(2)43-17-20-45(21-18-43)61-39(3)69-36-89-61)35-87-40(4)53(25-26-59(68)78)72-63(80)57-30-46-13-10-12-44-19-22-47(64(81)74(57)60(44)46)31-58(77)55-29-49-28-48(23-24-54(49)71-55)66(83)88(84,85)86/h10,12-13,15-18,20-21,23-24,27-29,36,38,40,47,51-53,56-57,71,76H,8-9,11,14,19,22,25-26,30-35H2,1-7H3,(H2,68,78)(H,70,79)(H,72,80)(H2,84,85,86)/t38-,40+,47+,51+,52+,53-,56-,57-/m0/s1. The minimum absolute atomic E-state index is 0.00669. The quantitative estimate of drug-likeness (QED) is 0.0152. The number of primary amides is 1. The molecule has 6 aromatic rings. The van der Waals surface area contributed by atoms with Crippen molar-refractivity contribution < 1.29 is 62.6 Å². The fourth-order valence-electron chi connectivity index (χ4n) is 12.6. The van der Waals surface area contributed by atoms with Crippen molar-refractivity contribution in [2.24, 2.45) is 23.0 Å². The average Bonchev–Trinajstić information content (AvgIpc) is 1.75. The lowest BCUT2D eigenvalue weighted by Crippen LogP contribution is -2.54. The highest BCUT2D eigenvalue weighted by atomic mass is 32.1. The fourth-order valence-corrected chi connectivity index (χ4v) is 13.9. The van der Waals surface area contributed by atoms with Crippen molar-refractivity contribution in [3.05, 3.63) is 141 Å². The fraction of sp³-hybridized carbons (Fsp3) is 0.448. The van der Waals surface area contributed by atoms with Gasteiger partial charge in [-0.25, -0.2) is 4.98 Å². The predicted octanol–water partition coefficient (Wildman–Crippen LogP) is 8.85. The minimum Gasteiger partial charge on any atom is -0.391 e. The van der Waals surface area contributed by atoms with Gasteiger partial charge in [0.05, 0.1) is 58.4 Å². The van der Waals surface area contributed by atoms with Crippen molar-refractivity contribution >= 4 is 82.1 Å². The Kier molecular flexibility index (Phi) is 20.5. The van der Waals surface area contributed by atoms with Crippen molar-refractivity contribution in [1.82, 2.24) is 25.5 Å². The molecule has 2 aromatic heterocycles. The number of carbonyl (C=O) groups excluding carboxylic acids is 8. The number of nitrogens with zero attached hydrogens (tertiary/aromatic N) is 3. The zero-order valence-electron chi connectivity index (χ0n) is 51.4. The van der Waals surface area contributed by atoms with Gasteiger partial charge in [0.2, 0.25) is 29.5 Å². The molecule has 5 amide bonds. The number of ether oxygens (including phenoxy) is 1. The minimum atomic E-state index is -5.04. The van der Waals surface area contributed by atoms with Gasteiger partial charge in [-0.15, -0.1) is 11.3 Å². The molecule has 9 rings (SSSR count). The number of aromatic nitrogens is 2. The van der Waals surface area contributed by atoms with E-state index < -0.39 is 78.3 Å². The molecule has 8 atom stereocenters. The Balaban J connectivity index is 0.764. The molecule has 472 valence electrons. The summed E-state index contributed by atoms with van der Waals surface area (Å²) in [6.45, 7) is 13.6. The molecule has 0 bridgehead atoms. The number of hydrogen-bond acceptors (Lipinski definition) is 13. The largest absolute Gasteiger partial charge is 0.396 e. The summed E-state index contributed by atoms with van der Waals surface area (Å²) in [5.41, 5.74) is 14.1. The second kappa shape index (κ2) is 27.7. The normalized spacial score (nSPS) is 18.9. The van der Waals surface area contributed by atoms with Crippen molar-refractivity contribution in [3.63, 3.8) is 0 Å². The molecule has 0 aliphatic carbocycles. The second-order valence-corrected chi connectivity index (χ2v) is 27.7. The molecule has 1 saturated heterocycles. The number of para-hydroxylation sites is 1. The summed E-state index contributed by atoms with van der Waals surface area (Å²) in [6, 6.07) is 22.2. The van der Waals surface area contributed by atoms with Crippen LogP contribution in [0.15, 0.2) is 90.4 Å². The van der Waals surface area contributed by atoms with Crippen molar-refractivity contribution in [3.8, 4) is 10.4 Å². The Bertz CT molecular complexity index is 3740. The van der Waals surface area contributed by atoms with Gasteiger partial charge in [0.15, 0.2) is 5.78 Å². The number of H-pyrrole nitrogens is 1. The first kappa shape index (κ1) is 65.9. The average molecular weight is 1250 g/mol. The zero-order chi connectivity index (χ0) is 64.2. The first-order valence-electron chi connectivity index (χ1n) is 30.4. The summed E-state index contributed by atoms with van der Waals surface area (Å²) in [5.74, 6) is -4.03. The molecule has 4 aromatic carbocycles. The number of fused-ring (bicyclic) bond motifs is 1. The molecule has 20 nitrogen and oxygen atoms in total. The summed E-state index contributed by atoms with van der Waals surface area (Å²) in [5, 5.41) is 17.3. The van der Waals surface area contributed by atoms with E-state index >= 15 is 0 Å². The molecule has 3 aliphatic heterocycles. The highest BCUT2D eigenvalue weighted by Crippen LogP contribution is 2.43. The first-order chi connectivity index (χ1) is 42.1. The van der Waals surface area contributed by atoms with E-state index in [0.29, 0.717) is 42.3 Å². The SMILES string of the molecule is Cc1cc(CO[C@H](C)[C@H](CCC(N)=O)NC(=O)[C@@H]2Cc3cccc4c3N2C(=O)[C@@H](CC(=O)c2cc3cc(C(=O)P(=O)(O)O)ccc3[nH]2)CC4)ccc1CCCCC(=O)C[C@H](C(=O)N1C[C@H](O)C[C@H]1C(=O)N[C@@H](C)c1ccc(-c2scnc2C)cc1)C(C)(C)C. The van der Waals surface area contributed by atoms with E-state index in [1.165, 1.54) is 34.1 Å². The molecular formula is C67H80N7O13PS. The number of aliphatic hydroxyl groups excluding tert-OH is 1. The number of aryl methyl sites for hydroxylation is 4. The number of ketones is 2. The summed E-state index contributed by atoms with van der Waals surface area (Å²) in [7, 11) is -5.04. The third-order valence-corrected chi connectivity index (χ3v) is 19.5. The first-order valence-corrected chi connectivity index (χ1v) is 32.9. The lowest BCUT2D eigenvalue weighted by atomic mass is 9.76. The van der Waals surface area contributed by atoms with Gasteiger partial charge in [-0.3, -0.25) is 47.8 Å². The Morgan fingerprint density at radius 3 is 2.31 bits per heavy atom. The topological polar surface area (TPSA) is 309 Å². The molecule has 0 unspecified atom stereocenters. The molecule has 0 radical (unpaired) electrons. The van der Waals surface area contributed by atoms with Gasteiger partial charge in [0.25, 0.3) is 5.52 Å². The molecule has 0 saturated carbocycles. The highest BCUT2D eigenvalue weighted by Gasteiger charge is 2.46. The van der Waals surface area contributed by atoms with Gasteiger partial charge in [-0.1, -0.05) is 81.4 Å². The second-order valence-electron chi connectivity index (χ2n) is 25.3. The van der Waals surface area contributed by atoms with Gasteiger partial charge >= 0.3 is 7.60 Å². The number of nitrogens with two attached hydrogens (primary N) is 1. The summed E-state index contributed by atoms with van der Waals surface area (Å²) < 4.78 is 18.0. The molecule has 1 fully saturated rings. The van der Waals surface area contributed by atoms with E-state index in [4.69, 9.17) is 10.5 Å². The number of amides is 5. The van der Waals surface area contributed by atoms with Crippen LogP contribution < -0.4 is 21.3 Å². The maximum absolute atomic E-state index is 14.7.